The molecule has 1 unspecified atom stereocenters. The Balaban J connectivity index is 2.66. The molecule has 1 N–H and O–H groups in total. The smallest absolute Gasteiger partial charge is 0.326 e. The minimum Gasteiger partial charge on any atom is -0.468 e. The van der Waals surface area contributed by atoms with E-state index in [0.29, 0.717) is 0 Å². The summed E-state index contributed by atoms with van der Waals surface area (Å²) in [6, 6.07) is 0. The topological polar surface area (TPSA) is 38.3 Å². The number of hydrogen-bond acceptors (Lipinski definition) is 4. The van der Waals surface area contributed by atoms with Crippen LogP contribution in [0.3, 0.4) is 0 Å². The summed E-state index contributed by atoms with van der Waals surface area (Å²) in [5.41, 5.74) is -0.410. The molecule has 1 aliphatic heterocycles. The van der Waals surface area contributed by atoms with Gasteiger partial charge in [0.2, 0.25) is 0 Å². The first-order valence-electron chi connectivity index (χ1n) is 4.66. The Labute approximate surface area is 83.6 Å². The van der Waals surface area contributed by atoms with Crippen LogP contribution in [0.2, 0.25) is 0 Å². The number of thioether (sulfide) groups is 1. The zero-order valence-corrected chi connectivity index (χ0v) is 9.08. The first kappa shape index (κ1) is 10.9. The van der Waals surface area contributed by atoms with Crippen molar-refractivity contribution in [3.8, 4) is 0 Å². The Morgan fingerprint density at radius 3 is 2.92 bits per heavy atom. The highest BCUT2D eigenvalue weighted by Gasteiger charge is 2.40. The number of rotatable bonds is 3. The molecular weight excluding hydrogens is 186 g/mol. The molecule has 1 fully saturated rings. The monoisotopic (exact) mass is 203 g/mol. The lowest BCUT2D eigenvalue weighted by Crippen LogP contribution is -2.56. The van der Waals surface area contributed by atoms with Crippen LogP contribution in [0.4, 0.5) is 0 Å². The van der Waals surface area contributed by atoms with Gasteiger partial charge in [0.25, 0.3) is 0 Å². The van der Waals surface area contributed by atoms with Gasteiger partial charge in [-0.3, -0.25) is 4.79 Å². The molecule has 3 nitrogen and oxygen atoms in total. The highest BCUT2D eigenvalue weighted by atomic mass is 32.2. The molecule has 0 spiro atoms. The fourth-order valence-corrected chi connectivity index (χ4v) is 2.91. The third-order valence-corrected chi connectivity index (χ3v) is 3.61. The highest BCUT2D eigenvalue weighted by molar-refractivity contribution is 7.99. The zero-order chi connectivity index (χ0) is 9.73. The number of hydrogen-bond donors (Lipinski definition) is 1. The molecule has 1 heterocycles. The van der Waals surface area contributed by atoms with Gasteiger partial charge in [0.15, 0.2) is 0 Å². The van der Waals surface area contributed by atoms with Gasteiger partial charge in [-0.2, -0.15) is 11.8 Å². The van der Waals surface area contributed by atoms with E-state index in [1.54, 1.807) is 0 Å². The van der Waals surface area contributed by atoms with Crippen molar-refractivity contribution in [2.24, 2.45) is 0 Å². The molecule has 0 aromatic rings. The molecule has 0 aromatic carbocycles. The van der Waals surface area contributed by atoms with E-state index >= 15 is 0 Å². The van der Waals surface area contributed by atoms with Gasteiger partial charge in [-0.25, -0.2) is 0 Å². The standard InChI is InChI=1S/C9H17NO2S/c1-3-10-9(8(11)12-2)5-4-6-13-7-9/h10H,3-7H2,1-2H3. The van der Waals surface area contributed by atoms with Crippen LogP contribution in [0, 0.1) is 0 Å². The second-order valence-electron chi connectivity index (χ2n) is 3.26. The molecule has 1 atom stereocenters. The van der Waals surface area contributed by atoms with Crippen molar-refractivity contribution in [1.82, 2.24) is 5.32 Å². The molecule has 1 saturated heterocycles. The van der Waals surface area contributed by atoms with E-state index in [1.807, 2.05) is 18.7 Å². The summed E-state index contributed by atoms with van der Waals surface area (Å²) in [5.74, 6) is 1.89. The fraction of sp³-hybridized carbons (Fsp3) is 0.889. The van der Waals surface area contributed by atoms with Crippen molar-refractivity contribution in [2.75, 3.05) is 25.2 Å². The number of methoxy groups -OCH3 is 1. The predicted molar refractivity (Wildman–Crippen MR) is 55.0 cm³/mol. The molecule has 0 saturated carbocycles. The van der Waals surface area contributed by atoms with Crippen LogP contribution in [0.5, 0.6) is 0 Å². The molecule has 4 heteroatoms. The summed E-state index contributed by atoms with van der Waals surface area (Å²) in [6.45, 7) is 2.83. The van der Waals surface area contributed by atoms with Crippen molar-refractivity contribution >= 4 is 17.7 Å². The lowest BCUT2D eigenvalue weighted by atomic mass is 9.95. The summed E-state index contributed by atoms with van der Waals surface area (Å²) in [5, 5.41) is 3.25. The summed E-state index contributed by atoms with van der Waals surface area (Å²) in [7, 11) is 1.46. The van der Waals surface area contributed by atoms with Crippen LogP contribution in [-0.4, -0.2) is 36.7 Å². The first-order valence-corrected chi connectivity index (χ1v) is 5.82. The summed E-state index contributed by atoms with van der Waals surface area (Å²) >= 11 is 1.82. The Morgan fingerprint density at radius 2 is 2.46 bits per heavy atom. The van der Waals surface area contributed by atoms with Gasteiger partial charge < -0.3 is 10.1 Å². The molecular formula is C9H17NO2S. The second-order valence-corrected chi connectivity index (χ2v) is 4.37. The Bertz CT molecular complexity index is 173. The van der Waals surface area contributed by atoms with Crippen LogP contribution in [-0.2, 0) is 9.53 Å². The van der Waals surface area contributed by atoms with Crippen LogP contribution >= 0.6 is 11.8 Å². The maximum atomic E-state index is 11.6. The number of nitrogens with one attached hydrogen (secondary N) is 1. The molecule has 0 radical (unpaired) electrons. The van der Waals surface area contributed by atoms with Crippen molar-refractivity contribution in [1.29, 1.82) is 0 Å². The van der Waals surface area contributed by atoms with Crippen LogP contribution in [0.25, 0.3) is 0 Å². The summed E-state index contributed by atoms with van der Waals surface area (Å²) in [4.78, 5) is 11.6. The molecule has 0 bridgehead atoms. The predicted octanol–water partition coefficient (Wildman–Crippen LogP) is 1.03. The summed E-state index contributed by atoms with van der Waals surface area (Å²) in [6.07, 6.45) is 1.99. The van der Waals surface area contributed by atoms with E-state index in [9.17, 15) is 4.79 Å². The molecule has 0 aliphatic carbocycles. The molecule has 0 aromatic heterocycles. The lowest BCUT2D eigenvalue weighted by Gasteiger charge is -2.34. The Hall–Kier alpha value is -0.220. The number of carbonyl (C=O) groups excluding carboxylic acids is 1. The molecule has 0 amide bonds. The highest BCUT2D eigenvalue weighted by Crippen LogP contribution is 2.27. The van der Waals surface area contributed by atoms with Gasteiger partial charge in [0, 0.05) is 5.75 Å². The van der Waals surface area contributed by atoms with Crippen LogP contribution in [0.15, 0.2) is 0 Å². The van der Waals surface area contributed by atoms with E-state index in [4.69, 9.17) is 4.74 Å². The van der Waals surface area contributed by atoms with Gasteiger partial charge in [0.1, 0.15) is 5.54 Å². The van der Waals surface area contributed by atoms with Crippen molar-refractivity contribution < 1.29 is 9.53 Å². The van der Waals surface area contributed by atoms with Crippen molar-refractivity contribution in [2.45, 2.75) is 25.3 Å². The minimum absolute atomic E-state index is 0.110. The Kier molecular flexibility index (Phi) is 4.06. The minimum atomic E-state index is -0.410. The van der Waals surface area contributed by atoms with Crippen molar-refractivity contribution in [3.63, 3.8) is 0 Å². The quantitative estimate of drug-likeness (QED) is 0.695. The van der Waals surface area contributed by atoms with Gasteiger partial charge in [-0.1, -0.05) is 6.92 Å². The Morgan fingerprint density at radius 1 is 1.69 bits per heavy atom. The number of ether oxygens (including phenoxy) is 1. The van der Waals surface area contributed by atoms with E-state index < -0.39 is 5.54 Å². The van der Waals surface area contributed by atoms with Crippen LogP contribution in [0.1, 0.15) is 19.8 Å². The SMILES string of the molecule is CCNC1(C(=O)OC)CCCSC1. The average molecular weight is 203 g/mol. The number of esters is 1. The number of carbonyl (C=O) groups is 1. The van der Waals surface area contributed by atoms with Gasteiger partial charge >= 0.3 is 5.97 Å². The normalized spacial score (nSPS) is 28.5. The zero-order valence-electron chi connectivity index (χ0n) is 8.26. The van der Waals surface area contributed by atoms with Crippen molar-refractivity contribution in [3.05, 3.63) is 0 Å². The fourth-order valence-electron chi connectivity index (χ4n) is 1.70. The second kappa shape index (κ2) is 4.86. The third-order valence-electron chi connectivity index (χ3n) is 2.33. The number of likely N-dealkylation sites (N-methyl/N-ethyl adjacent to an activating group) is 1. The van der Waals surface area contributed by atoms with E-state index in [2.05, 4.69) is 5.32 Å². The van der Waals surface area contributed by atoms with E-state index in [0.717, 1.165) is 30.9 Å². The molecule has 13 heavy (non-hydrogen) atoms. The maximum Gasteiger partial charge on any atom is 0.326 e. The van der Waals surface area contributed by atoms with Gasteiger partial charge in [-0.15, -0.1) is 0 Å². The van der Waals surface area contributed by atoms with Gasteiger partial charge in [-0.05, 0) is 25.1 Å². The van der Waals surface area contributed by atoms with E-state index in [-0.39, 0.29) is 5.97 Å². The molecule has 1 aliphatic rings. The van der Waals surface area contributed by atoms with E-state index in [1.165, 1.54) is 7.11 Å². The average Bonchev–Trinajstić information content (AvgIpc) is 2.18. The van der Waals surface area contributed by atoms with Crippen LogP contribution < -0.4 is 5.32 Å². The van der Waals surface area contributed by atoms with Gasteiger partial charge in [0.05, 0.1) is 7.11 Å². The molecule has 1 rings (SSSR count). The maximum absolute atomic E-state index is 11.6. The molecule has 76 valence electrons. The summed E-state index contributed by atoms with van der Waals surface area (Å²) < 4.78 is 4.83. The first-order chi connectivity index (χ1) is 6.25. The third kappa shape index (κ3) is 2.38. The largest absolute Gasteiger partial charge is 0.468 e. The lowest BCUT2D eigenvalue weighted by molar-refractivity contribution is -0.148.